The second-order valence-corrected chi connectivity index (χ2v) is 10.0. The Labute approximate surface area is 190 Å². The molecule has 0 amide bonds. The molecule has 162 valence electrons. The maximum absolute atomic E-state index is 5.45. The van der Waals surface area contributed by atoms with Gasteiger partial charge in [0.25, 0.3) is 0 Å². The normalized spacial score (nSPS) is 14.0. The molecular weight excluding hydrogens is 400 g/mol. The van der Waals surface area contributed by atoms with Gasteiger partial charge in [0.2, 0.25) is 0 Å². The van der Waals surface area contributed by atoms with E-state index in [2.05, 4.69) is 73.8 Å². The molecule has 0 saturated carbocycles. The molecule has 3 aromatic rings. The summed E-state index contributed by atoms with van der Waals surface area (Å²) in [4.78, 5) is 10.2. The van der Waals surface area contributed by atoms with Crippen LogP contribution in [0.25, 0.3) is 11.1 Å². The number of benzene rings is 2. The molecule has 0 fully saturated rings. The summed E-state index contributed by atoms with van der Waals surface area (Å²) in [5.74, 6) is 0. The van der Waals surface area contributed by atoms with Crippen molar-refractivity contribution in [2.75, 3.05) is 6.61 Å². The Morgan fingerprint density at radius 3 is 2.52 bits per heavy atom. The van der Waals surface area contributed by atoms with Crippen molar-refractivity contribution in [2.24, 2.45) is 10.6 Å². The molecule has 2 aromatic carbocycles. The molecule has 4 heteroatoms. The zero-order valence-electron chi connectivity index (χ0n) is 19.1. The number of aromatic nitrogens is 1. The molecule has 1 aliphatic carbocycles. The van der Waals surface area contributed by atoms with Crippen LogP contribution in [0.2, 0.25) is 0 Å². The zero-order chi connectivity index (χ0) is 21.8. The van der Waals surface area contributed by atoms with Crippen molar-refractivity contribution < 1.29 is 4.84 Å². The minimum absolute atomic E-state index is 0.258. The van der Waals surface area contributed by atoms with Crippen molar-refractivity contribution in [2.45, 2.75) is 59.8 Å². The number of hydrogen-bond donors (Lipinski definition) is 0. The fourth-order valence-corrected chi connectivity index (χ4v) is 5.16. The van der Waals surface area contributed by atoms with Gasteiger partial charge in [0.1, 0.15) is 12.3 Å². The van der Waals surface area contributed by atoms with E-state index in [0.29, 0.717) is 6.61 Å². The minimum Gasteiger partial charge on any atom is -0.396 e. The fraction of sp³-hybridized carbons (Fsp3) is 0.407. The molecule has 0 aliphatic heterocycles. The lowest BCUT2D eigenvalue weighted by molar-refractivity contribution is 0.159. The smallest absolute Gasteiger partial charge is 0.118 e. The van der Waals surface area contributed by atoms with Crippen LogP contribution in [0.1, 0.15) is 67.9 Å². The van der Waals surface area contributed by atoms with Gasteiger partial charge in [0, 0.05) is 16.5 Å². The topological polar surface area (TPSA) is 34.5 Å². The van der Waals surface area contributed by atoms with Gasteiger partial charge >= 0.3 is 0 Å². The Balaban J connectivity index is 1.44. The Kier molecular flexibility index (Phi) is 6.57. The van der Waals surface area contributed by atoms with Gasteiger partial charge in [-0.1, -0.05) is 62.3 Å². The molecule has 4 rings (SSSR count). The Hall–Kier alpha value is -2.46. The molecular formula is C27H32N2OS. The first-order valence-corrected chi connectivity index (χ1v) is 12.2. The van der Waals surface area contributed by atoms with Crippen LogP contribution >= 0.6 is 11.3 Å². The monoisotopic (exact) mass is 432 g/mol. The van der Waals surface area contributed by atoms with Gasteiger partial charge in [-0.3, -0.25) is 0 Å². The fourth-order valence-electron chi connectivity index (χ4n) is 4.42. The van der Waals surface area contributed by atoms with Crippen LogP contribution < -0.4 is 0 Å². The second kappa shape index (κ2) is 9.35. The van der Waals surface area contributed by atoms with Crippen molar-refractivity contribution in [3.05, 3.63) is 75.2 Å². The average molecular weight is 433 g/mol. The Morgan fingerprint density at radius 2 is 1.77 bits per heavy atom. The van der Waals surface area contributed by atoms with E-state index in [1.54, 1.807) is 11.3 Å². The predicted molar refractivity (Wildman–Crippen MR) is 131 cm³/mol. The van der Waals surface area contributed by atoms with Crippen LogP contribution in [0.15, 0.2) is 53.0 Å². The van der Waals surface area contributed by atoms with Crippen LogP contribution in [-0.4, -0.2) is 17.3 Å². The quantitative estimate of drug-likeness (QED) is 0.265. The third-order valence-corrected chi connectivity index (χ3v) is 7.02. The van der Waals surface area contributed by atoms with Gasteiger partial charge in [0.15, 0.2) is 0 Å². The first kappa shape index (κ1) is 21.8. The first-order valence-electron chi connectivity index (χ1n) is 11.4. The maximum atomic E-state index is 5.45. The van der Waals surface area contributed by atoms with Crippen molar-refractivity contribution in [3.8, 4) is 11.1 Å². The van der Waals surface area contributed by atoms with Crippen LogP contribution in [-0.2, 0) is 24.1 Å². The van der Waals surface area contributed by atoms with Gasteiger partial charge in [-0.05, 0) is 67.2 Å². The summed E-state index contributed by atoms with van der Waals surface area (Å²) in [5.41, 5.74) is 8.71. The summed E-state index contributed by atoms with van der Waals surface area (Å²) in [6, 6.07) is 15.3. The molecule has 0 saturated heterocycles. The standard InChI is InChI=1S/C27H32N2OS/c1-5-25-28-20(18-31-25)17-27(3,4)15-9-10-19-13-14-22-21-11-7-8-12-23(21)26(24(22)16-19)29-30-6-2/h7-8,11-14,16,18H,5-6,9-10,15,17H2,1-4H3/b29-26-. The van der Waals surface area contributed by atoms with Crippen molar-refractivity contribution in [1.29, 1.82) is 0 Å². The van der Waals surface area contributed by atoms with Gasteiger partial charge in [0.05, 0.1) is 10.7 Å². The molecule has 0 N–H and O–H groups in total. The molecule has 0 bridgehead atoms. The van der Waals surface area contributed by atoms with Crippen LogP contribution in [0.4, 0.5) is 0 Å². The number of hydrogen-bond acceptors (Lipinski definition) is 4. The van der Waals surface area contributed by atoms with Crippen LogP contribution in [0.3, 0.4) is 0 Å². The van der Waals surface area contributed by atoms with Crippen molar-refractivity contribution in [1.82, 2.24) is 4.98 Å². The molecule has 1 aliphatic rings. The molecule has 0 atom stereocenters. The summed E-state index contributed by atoms with van der Waals surface area (Å²) in [6.45, 7) is 9.45. The second-order valence-electron chi connectivity index (χ2n) is 9.06. The minimum atomic E-state index is 0.258. The van der Waals surface area contributed by atoms with E-state index in [4.69, 9.17) is 9.82 Å². The summed E-state index contributed by atoms with van der Waals surface area (Å²) >= 11 is 1.79. The number of rotatable bonds is 9. The van der Waals surface area contributed by atoms with Crippen molar-refractivity contribution in [3.63, 3.8) is 0 Å². The molecule has 31 heavy (non-hydrogen) atoms. The van der Waals surface area contributed by atoms with E-state index in [-0.39, 0.29) is 5.41 Å². The van der Waals surface area contributed by atoms with E-state index >= 15 is 0 Å². The van der Waals surface area contributed by atoms with Crippen LogP contribution in [0, 0.1) is 5.41 Å². The maximum Gasteiger partial charge on any atom is 0.118 e. The van der Waals surface area contributed by atoms with E-state index in [9.17, 15) is 0 Å². The Bertz CT molecular complexity index is 1080. The summed E-state index contributed by atoms with van der Waals surface area (Å²) in [6.07, 6.45) is 5.51. The van der Waals surface area contributed by atoms with Gasteiger partial charge in [-0.25, -0.2) is 4.98 Å². The lowest BCUT2D eigenvalue weighted by Crippen LogP contribution is -2.15. The third-order valence-electron chi connectivity index (χ3n) is 5.98. The molecule has 1 aromatic heterocycles. The van der Waals surface area contributed by atoms with Crippen molar-refractivity contribution >= 4 is 17.0 Å². The average Bonchev–Trinajstić information content (AvgIpc) is 3.33. The summed E-state index contributed by atoms with van der Waals surface area (Å²) in [5, 5.41) is 7.93. The van der Waals surface area contributed by atoms with Gasteiger partial charge in [-0.15, -0.1) is 11.3 Å². The zero-order valence-corrected chi connectivity index (χ0v) is 19.9. The highest BCUT2D eigenvalue weighted by atomic mass is 32.1. The molecule has 0 radical (unpaired) electrons. The van der Waals surface area contributed by atoms with Gasteiger partial charge in [-0.2, -0.15) is 0 Å². The predicted octanol–water partition coefficient (Wildman–Crippen LogP) is 7.07. The highest BCUT2D eigenvalue weighted by Gasteiger charge is 2.26. The number of fused-ring (bicyclic) bond motifs is 3. The van der Waals surface area contributed by atoms with E-state index in [0.717, 1.165) is 25.0 Å². The number of nitrogens with zero attached hydrogens (tertiary/aromatic N) is 2. The molecule has 0 spiro atoms. The highest BCUT2D eigenvalue weighted by molar-refractivity contribution is 7.09. The van der Waals surface area contributed by atoms with Crippen LogP contribution in [0.5, 0.6) is 0 Å². The third kappa shape index (κ3) is 4.90. The summed E-state index contributed by atoms with van der Waals surface area (Å²) in [7, 11) is 0. The summed E-state index contributed by atoms with van der Waals surface area (Å²) < 4.78 is 0. The lowest BCUT2D eigenvalue weighted by atomic mass is 9.82. The number of oxime groups is 1. The molecule has 3 nitrogen and oxygen atoms in total. The Morgan fingerprint density at radius 1 is 1.00 bits per heavy atom. The number of thiazole rings is 1. The number of aryl methyl sites for hydroxylation is 2. The lowest BCUT2D eigenvalue weighted by Gasteiger charge is -2.23. The first-order chi connectivity index (χ1) is 15.0. The van der Waals surface area contributed by atoms with E-state index in [1.807, 2.05) is 6.92 Å². The highest BCUT2D eigenvalue weighted by Crippen LogP contribution is 2.38. The van der Waals surface area contributed by atoms with Gasteiger partial charge < -0.3 is 4.84 Å². The SMILES string of the molecule is CCO/N=C1/c2ccccc2-c2ccc(CCCC(C)(C)Cc3csc(CC)n3)cc21. The van der Waals surface area contributed by atoms with E-state index < -0.39 is 0 Å². The van der Waals surface area contributed by atoms with E-state index in [1.165, 1.54) is 51.4 Å². The molecule has 1 heterocycles. The molecule has 0 unspecified atom stereocenters. The largest absolute Gasteiger partial charge is 0.396 e.